The molecule has 0 aromatic carbocycles. The summed E-state index contributed by atoms with van der Waals surface area (Å²) in [4.78, 5) is 12.6. The highest BCUT2D eigenvalue weighted by atomic mass is 32.2. The van der Waals surface area contributed by atoms with Gasteiger partial charge < -0.3 is 9.73 Å². The SMILES string of the molecule is CC1CCN(S(=O)(=O)c2ccc(CNC(=O)c3ccco3)s2)CC1. The number of thiophene rings is 1. The lowest BCUT2D eigenvalue weighted by molar-refractivity contribution is 0.0923. The van der Waals surface area contributed by atoms with Crippen LogP contribution < -0.4 is 5.32 Å². The number of sulfonamides is 1. The van der Waals surface area contributed by atoms with Gasteiger partial charge in [-0.3, -0.25) is 4.79 Å². The van der Waals surface area contributed by atoms with Gasteiger partial charge in [-0.15, -0.1) is 11.3 Å². The highest BCUT2D eigenvalue weighted by Gasteiger charge is 2.29. The number of furan rings is 1. The molecule has 0 saturated carbocycles. The van der Waals surface area contributed by atoms with Crippen molar-refractivity contribution >= 4 is 27.3 Å². The summed E-state index contributed by atoms with van der Waals surface area (Å²) in [5.74, 6) is 0.497. The molecule has 0 radical (unpaired) electrons. The van der Waals surface area contributed by atoms with Crippen molar-refractivity contribution in [1.29, 1.82) is 0 Å². The first-order chi connectivity index (χ1) is 11.5. The summed E-state index contributed by atoms with van der Waals surface area (Å²) in [6, 6.07) is 6.58. The Balaban J connectivity index is 1.63. The summed E-state index contributed by atoms with van der Waals surface area (Å²) in [5, 5.41) is 2.72. The molecule has 130 valence electrons. The molecule has 0 bridgehead atoms. The highest BCUT2D eigenvalue weighted by molar-refractivity contribution is 7.91. The van der Waals surface area contributed by atoms with Crippen LogP contribution in [0.2, 0.25) is 0 Å². The Bertz CT molecular complexity index is 788. The zero-order valence-corrected chi connectivity index (χ0v) is 15.0. The topological polar surface area (TPSA) is 79.6 Å². The van der Waals surface area contributed by atoms with Crippen LogP contribution in [0.15, 0.2) is 39.2 Å². The molecule has 1 saturated heterocycles. The first-order valence-corrected chi connectivity index (χ1v) is 10.1. The lowest BCUT2D eigenvalue weighted by Gasteiger charge is -2.28. The number of amides is 1. The van der Waals surface area contributed by atoms with E-state index in [2.05, 4.69) is 12.2 Å². The summed E-state index contributed by atoms with van der Waals surface area (Å²) < 4.78 is 32.2. The van der Waals surface area contributed by atoms with Crippen LogP contribution in [-0.2, 0) is 16.6 Å². The average Bonchev–Trinajstić information content (AvgIpc) is 3.25. The van der Waals surface area contributed by atoms with Crippen LogP contribution in [-0.4, -0.2) is 31.7 Å². The van der Waals surface area contributed by atoms with E-state index in [0.29, 0.717) is 23.2 Å². The molecule has 3 heterocycles. The fourth-order valence-electron chi connectivity index (χ4n) is 2.61. The number of nitrogens with zero attached hydrogens (tertiary/aromatic N) is 1. The number of hydrogen-bond donors (Lipinski definition) is 1. The van der Waals surface area contributed by atoms with Gasteiger partial charge in [0, 0.05) is 18.0 Å². The van der Waals surface area contributed by atoms with E-state index in [-0.39, 0.29) is 18.2 Å². The molecule has 1 amide bonds. The molecule has 0 aliphatic carbocycles. The minimum atomic E-state index is -3.43. The standard InChI is InChI=1S/C16H20N2O4S2/c1-12-6-8-18(9-7-12)24(20,21)15-5-4-13(23-15)11-17-16(19)14-3-2-10-22-14/h2-5,10,12H,6-9,11H2,1H3,(H,17,19). The Kier molecular flexibility index (Phi) is 5.07. The van der Waals surface area contributed by atoms with Gasteiger partial charge in [0.25, 0.3) is 15.9 Å². The lowest BCUT2D eigenvalue weighted by Crippen LogP contribution is -2.37. The fraction of sp³-hybridized carbons (Fsp3) is 0.438. The minimum Gasteiger partial charge on any atom is -0.459 e. The Morgan fingerprint density at radius 3 is 2.75 bits per heavy atom. The molecule has 3 rings (SSSR count). The van der Waals surface area contributed by atoms with E-state index in [4.69, 9.17) is 4.42 Å². The van der Waals surface area contributed by atoms with Crippen molar-refractivity contribution in [2.75, 3.05) is 13.1 Å². The summed E-state index contributed by atoms with van der Waals surface area (Å²) in [6.45, 7) is 3.57. The molecular formula is C16H20N2O4S2. The highest BCUT2D eigenvalue weighted by Crippen LogP contribution is 2.28. The Morgan fingerprint density at radius 2 is 2.08 bits per heavy atom. The molecule has 2 aromatic heterocycles. The normalized spacial score (nSPS) is 17.0. The number of carbonyl (C=O) groups excluding carboxylic acids is 1. The van der Waals surface area contributed by atoms with Crippen molar-refractivity contribution in [3.63, 3.8) is 0 Å². The van der Waals surface area contributed by atoms with Gasteiger partial charge in [-0.2, -0.15) is 4.31 Å². The first-order valence-electron chi connectivity index (χ1n) is 7.87. The summed E-state index contributed by atoms with van der Waals surface area (Å²) >= 11 is 1.20. The van der Waals surface area contributed by atoms with Gasteiger partial charge in [0.1, 0.15) is 4.21 Å². The van der Waals surface area contributed by atoms with Crippen LogP contribution >= 0.6 is 11.3 Å². The van der Waals surface area contributed by atoms with E-state index < -0.39 is 10.0 Å². The second-order valence-electron chi connectivity index (χ2n) is 5.97. The summed E-state index contributed by atoms with van der Waals surface area (Å²) in [7, 11) is -3.43. The van der Waals surface area contributed by atoms with E-state index in [0.717, 1.165) is 17.7 Å². The Labute approximate surface area is 145 Å². The second-order valence-corrected chi connectivity index (χ2v) is 9.30. The zero-order valence-electron chi connectivity index (χ0n) is 13.4. The van der Waals surface area contributed by atoms with Crippen molar-refractivity contribution in [3.8, 4) is 0 Å². The van der Waals surface area contributed by atoms with Crippen LogP contribution in [0.4, 0.5) is 0 Å². The van der Waals surface area contributed by atoms with E-state index >= 15 is 0 Å². The third-order valence-electron chi connectivity index (χ3n) is 4.14. The molecule has 1 aliphatic rings. The van der Waals surface area contributed by atoms with Crippen LogP contribution in [0.3, 0.4) is 0 Å². The van der Waals surface area contributed by atoms with Crippen molar-refractivity contribution in [1.82, 2.24) is 9.62 Å². The van der Waals surface area contributed by atoms with Crippen LogP contribution in [0.1, 0.15) is 35.2 Å². The fourth-order valence-corrected chi connectivity index (χ4v) is 5.53. The Morgan fingerprint density at radius 1 is 1.33 bits per heavy atom. The molecular weight excluding hydrogens is 348 g/mol. The predicted molar refractivity (Wildman–Crippen MR) is 91.4 cm³/mol. The number of carbonyl (C=O) groups is 1. The van der Waals surface area contributed by atoms with E-state index in [1.807, 2.05) is 0 Å². The molecule has 0 unspecified atom stereocenters. The van der Waals surface area contributed by atoms with Gasteiger partial charge in [0.2, 0.25) is 0 Å². The molecule has 1 aliphatic heterocycles. The summed E-state index contributed by atoms with van der Waals surface area (Å²) in [5.41, 5.74) is 0. The predicted octanol–water partition coefficient (Wildman–Crippen LogP) is 2.69. The maximum absolute atomic E-state index is 12.7. The maximum atomic E-state index is 12.7. The van der Waals surface area contributed by atoms with Crippen molar-refractivity contribution in [3.05, 3.63) is 41.2 Å². The molecule has 0 spiro atoms. The third-order valence-corrected chi connectivity index (χ3v) is 7.59. The van der Waals surface area contributed by atoms with Crippen molar-refractivity contribution in [2.24, 2.45) is 5.92 Å². The van der Waals surface area contributed by atoms with E-state index in [1.54, 1.807) is 28.6 Å². The number of nitrogens with one attached hydrogen (secondary N) is 1. The van der Waals surface area contributed by atoms with E-state index in [1.165, 1.54) is 17.6 Å². The van der Waals surface area contributed by atoms with Crippen LogP contribution in [0.25, 0.3) is 0 Å². The molecule has 6 nitrogen and oxygen atoms in total. The first kappa shape index (κ1) is 17.2. The molecule has 2 aromatic rings. The molecule has 1 fully saturated rings. The van der Waals surface area contributed by atoms with Crippen LogP contribution in [0, 0.1) is 5.92 Å². The van der Waals surface area contributed by atoms with Crippen molar-refractivity contribution in [2.45, 2.75) is 30.5 Å². The number of rotatable bonds is 5. The van der Waals surface area contributed by atoms with Gasteiger partial charge in [0.15, 0.2) is 5.76 Å². The van der Waals surface area contributed by atoms with Gasteiger partial charge in [0.05, 0.1) is 12.8 Å². The van der Waals surface area contributed by atoms with Crippen molar-refractivity contribution < 1.29 is 17.6 Å². The smallest absolute Gasteiger partial charge is 0.287 e. The maximum Gasteiger partial charge on any atom is 0.287 e. The summed E-state index contributed by atoms with van der Waals surface area (Å²) in [6.07, 6.45) is 3.23. The van der Waals surface area contributed by atoms with E-state index in [9.17, 15) is 13.2 Å². The minimum absolute atomic E-state index is 0.238. The Hall–Kier alpha value is -1.64. The third kappa shape index (κ3) is 3.71. The zero-order chi connectivity index (χ0) is 17.2. The monoisotopic (exact) mass is 368 g/mol. The average molecular weight is 368 g/mol. The van der Waals surface area contributed by atoms with Gasteiger partial charge in [-0.05, 0) is 43.0 Å². The van der Waals surface area contributed by atoms with Gasteiger partial charge in [-0.1, -0.05) is 6.92 Å². The van der Waals surface area contributed by atoms with Gasteiger partial charge >= 0.3 is 0 Å². The largest absolute Gasteiger partial charge is 0.459 e. The molecule has 0 atom stereocenters. The molecule has 8 heteroatoms. The number of piperidine rings is 1. The number of hydrogen-bond acceptors (Lipinski definition) is 5. The molecule has 1 N–H and O–H groups in total. The van der Waals surface area contributed by atoms with Crippen LogP contribution in [0.5, 0.6) is 0 Å². The second kappa shape index (κ2) is 7.08. The van der Waals surface area contributed by atoms with Gasteiger partial charge in [-0.25, -0.2) is 8.42 Å². The lowest BCUT2D eigenvalue weighted by atomic mass is 10.0. The quantitative estimate of drug-likeness (QED) is 0.880. The molecule has 24 heavy (non-hydrogen) atoms.